The molecule has 4 nitrogen and oxygen atoms in total. The maximum absolute atomic E-state index is 13.8. The maximum Gasteiger partial charge on any atom is 0.264 e. The van der Waals surface area contributed by atoms with E-state index in [0.29, 0.717) is 0 Å². The van der Waals surface area contributed by atoms with Crippen molar-refractivity contribution >= 4 is 44.6 Å². The molecule has 0 saturated carbocycles. The molecule has 0 fully saturated rings. The number of rotatable bonds is 3. The Labute approximate surface area is 129 Å². The van der Waals surface area contributed by atoms with Crippen LogP contribution in [0.25, 0.3) is 0 Å². The first-order valence-corrected chi connectivity index (χ1v) is 7.67. The largest absolute Gasteiger partial charge is 0.399 e. The topological polar surface area (TPSA) is 72.2 Å². The van der Waals surface area contributed by atoms with Gasteiger partial charge in [-0.15, -0.1) is 0 Å². The summed E-state index contributed by atoms with van der Waals surface area (Å²) in [5.41, 5.74) is 5.30. The van der Waals surface area contributed by atoms with Crippen molar-refractivity contribution in [1.82, 2.24) is 0 Å². The number of nitrogens with one attached hydrogen (secondary N) is 1. The van der Waals surface area contributed by atoms with Gasteiger partial charge in [-0.2, -0.15) is 0 Å². The van der Waals surface area contributed by atoms with Gasteiger partial charge in [-0.1, -0.05) is 23.2 Å². The van der Waals surface area contributed by atoms with E-state index in [1.165, 1.54) is 6.07 Å². The second-order valence-corrected chi connectivity index (χ2v) is 6.51. The third kappa shape index (κ3) is 3.37. The van der Waals surface area contributed by atoms with E-state index in [1.807, 2.05) is 4.72 Å². The predicted octanol–water partition coefficient (Wildman–Crippen LogP) is 3.65. The Balaban J connectivity index is 2.45. The quantitative estimate of drug-likeness (QED) is 0.828. The monoisotopic (exact) mass is 352 g/mol. The van der Waals surface area contributed by atoms with Gasteiger partial charge < -0.3 is 5.73 Å². The van der Waals surface area contributed by atoms with Crippen molar-refractivity contribution in [3.63, 3.8) is 0 Å². The Kier molecular flexibility index (Phi) is 4.27. The number of nitrogen functional groups attached to an aromatic ring is 1. The van der Waals surface area contributed by atoms with Crippen LogP contribution in [0.5, 0.6) is 0 Å². The molecule has 9 heteroatoms. The van der Waals surface area contributed by atoms with Crippen LogP contribution in [0.3, 0.4) is 0 Å². The molecular weight excluding hydrogens is 345 g/mol. The zero-order valence-electron chi connectivity index (χ0n) is 10.2. The molecule has 0 atom stereocenters. The summed E-state index contributed by atoms with van der Waals surface area (Å²) in [5, 5.41) is -0.603. The van der Waals surface area contributed by atoms with Crippen molar-refractivity contribution in [1.29, 1.82) is 0 Å². The van der Waals surface area contributed by atoms with Crippen molar-refractivity contribution in [2.45, 2.75) is 4.90 Å². The Bertz CT molecular complexity index is 813. The molecule has 0 spiro atoms. The van der Waals surface area contributed by atoms with Crippen LogP contribution >= 0.6 is 23.2 Å². The highest BCUT2D eigenvalue weighted by atomic mass is 35.5. The fourth-order valence-corrected chi connectivity index (χ4v) is 3.13. The molecule has 2 rings (SSSR count). The Morgan fingerprint density at radius 3 is 2.33 bits per heavy atom. The van der Waals surface area contributed by atoms with Crippen LogP contribution in [0.15, 0.2) is 35.2 Å². The summed E-state index contributed by atoms with van der Waals surface area (Å²) >= 11 is 11.0. The van der Waals surface area contributed by atoms with Crippen LogP contribution in [-0.4, -0.2) is 8.42 Å². The van der Waals surface area contributed by atoms with Gasteiger partial charge in [-0.3, -0.25) is 4.72 Å². The molecule has 0 aliphatic heterocycles. The number of anilines is 2. The predicted molar refractivity (Wildman–Crippen MR) is 78.0 cm³/mol. The van der Waals surface area contributed by atoms with Gasteiger partial charge in [0.1, 0.15) is 10.7 Å². The third-order valence-corrected chi connectivity index (χ3v) is 4.44. The number of benzene rings is 2. The van der Waals surface area contributed by atoms with Crippen LogP contribution in [0.4, 0.5) is 20.2 Å². The fraction of sp³-hybridized carbons (Fsp3) is 0. The standard InChI is InChI=1S/C12H8Cl2F2N2O2S/c13-8-2-1-7(5-10(8)15)18-21(19,20)11-4-6(17)3-9(14)12(11)16/h1-5,18H,17H2. The Morgan fingerprint density at radius 2 is 1.71 bits per heavy atom. The van der Waals surface area contributed by atoms with Crippen LogP contribution in [0, 0.1) is 11.6 Å². The first-order valence-electron chi connectivity index (χ1n) is 5.43. The fourth-order valence-electron chi connectivity index (χ4n) is 1.55. The van der Waals surface area contributed by atoms with Gasteiger partial charge in [-0.25, -0.2) is 17.2 Å². The summed E-state index contributed by atoms with van der Waals surface area (Å²) in [6.45, 7) is 0. The summed E-state index contributed by atoms with van der Waals surface area (Å²) in [6, 6.07) is 5.26. The zero-order valence-corrected chi connectivity index (χ0v) is 12.5. The molecule has 0 heterocycles. The lowest BCUT2D eigenvalue weighted by molar-refractivity contribution is 0.571. The minimum absolute atomic E-state index is 0.0240. The normalized spacial score (nSPS) is 11.4. The van der Waals surface area contributed by atoms with Crippen molar-refractivity contribution in [3.05, 3.63) is 52.0 Å². The van der Waals surface area contributed by atoms with Crippen LogP contribution < -0.4 is 10.5 Å². The van der Waals surface area contributed by atoms with Crippen molar-refractivity contribution in [3.8, 4) is 0 Å². The van der Waals surface area contributed by atoms with E-state index in [4.69, 9.17) is 28.9 Å². The van der Waals surface area contributed by atoms with E-state index in [0.717, 1.165) is 24.3 Å². The average molecular weight is 353 g/mol. The average Bonchev–Trinajstić information content (AvgIpc) is 2.37. The molecule has 3 N–H and O–H groups in total. The van der Waals surface area contributed by atoms with E-state index in [2.05, 4.69) is 0 Å². The summed E-state index contributed by atoms with van der Waals surface area (Å²) < 4.78 is 53.3. The van der Waals surface area contributed by atoms with Gasteiger partial charge >= 0.3 is 0 Å². The second kappa shape index (κ2) is 5.67. The van der Waals surface area contributed by atoms with Crippen molar-refractivity contribution in [2.75, 3.05) is 10.5 Å². The van der Waals surface area contributed by atoms with E-state index >= 15 is 0 Å². The molecule has 21 heavy (non-hydrogen) atoms. The van der Waals surface area contributed by atoms with Crippen LogP contribution in [0.2, 0.25) is 10.0 Å². The maximum atomic E-state index is 13.8. The SMILES string of the molecule is Nc1cc(Cl)c(F)c(S(=O)(=O)Nc2ccc(Cl)c(F)c2)c1. The summed E-state index contributed by atoms with van der Waals surface area (Å²) in [6.07, 6.45) is 0. The van der Waals surface area contributed by atoms with E-state index in [9.17, 15) is 17.2 Å². The highest BCUT2D eigenvalue weighted by Gasteiger charge is 2.22. The molecule has 0 aliphatic carbocycles. The van der Waals surface area contributed by atoms with E-state index in [1.54, 1.807) is 0 Å². The molecule has 2 aromatic carbocycles. The second-order valence-electron chi connectivity index (χ2n) is 4.05. The molecule has 0 saturated heterocycles. The number of hydrogen-bond donors (Lipinski definition) is 2. The highest BCUT2D eigenvalue weighted by molar-refractivity contribution is 7.92. The molecule has 112 valence electrons. The number of sulfonamides is 1. The van der Waals surface area contributed by atoms with Gasteiger partial charge in [0.05, 0.1) is 15.7 Å². The van der Waals surface area contributed by atoms with Gasteiger partial charge in [0.2, 0.25) is 0 Å². The zero-order chi connectivity index (χ0) is 15.8. The first-order chi connectivity index (χ1) is 9.70. The van der Waals surface area contributed by atoms with Crippen molar-refractivity contribution in [2.24, 2.45) is 0 Å². The molecule has 0 radical (unpaired) electrons. The molecule has 2 aromatic rings. The highest BCUT2D eigenvalue weighted by Crippen LogP contribution is 2.28. The molecule has 0 amide bonds. The molecule has 0 bridgehead atoms. The lowest BCUT2D eigenvalue weighted by atomic mass is 10.3. The van der Waals surface area contributed by atoms with Crippen LogP contribution in [0.1, 0.15) is 0 Å². The third-order valence-electron chi connectivity index (χ3n) is 2.48. The number of nitrogens with two attached hydrogens (primary N) is 1. The Hall–Kier alpha value is -1.57. The minimum atomic E-state index is -4.32. The number of halogens is 4. The van der Waals surface area contributed by atoms with Gasteiger partial charge in [0.25, 0.3) is 10.0 Å². The summed E-state index contributed by atoms with van der Waals surface area (Å²) in [7, 11) is -4.32. The Morgan fingerprint density at radius 1 is 1.05 bits per heavy atom. The van der Waals surface area contributed by atoms with Gasteiger partial charge in [0, 0.05) is 5.69 Å². The number of hydrogen-bond acceptors (Lipinski definition) is 3. The molecule has 0 aromatic heterocycles. The minimum Gasteiger partial charge on any atom is -0.399 e. The van der Waals surface area contributed by atoms with E-state index < -0.39 is 31.6 Å². The summed E-state index contributed by atoms with van der Waals surface area (Å²) in [5.74, 6) is -1.96. The van der Waals surface area contributed by atoms with E-state index in [-0.39, 0.29) is 16.4 Å². The van der Waals surface area contributed by atoms with Gasteiger partial charge in [0.15, 0.2) is 5.82 Å². The molecule has 0 unspecified atom stereocenters. The van der Waals surface area contributed by atoms with Crippen LogP contribution in [-0.2, 0) is 10.0 Å². The lowest BCUT2D eigenvalue weighted by Crippen LogP contribution is -2.15. The lowest BCUT2D eigenvalue weighted by Gasteiger charge is -2.10. The summed E-state index contributed by atoms with van der Waals surface area (Å²) in [4.78, 5) is -0.733. The molecule has 0 aliphatic rings. The van der Waals surface area contributed by atoms with Crippen molar-refractivity contribution < 1.29 is 17.2 Å². The smallest absolute Gasteiger partial charge is 0.264 e. The van der Waals surface area contributed by atoms with Gasteiger partial charge in [-0.05, 0) is 30.3 Å². The first kappa shape index (κ1) is 15.8. The molecular formula is C12H8Cl2F2N2O2S.